The van der Waals surface area contributed by atoms with Crippen LogP contribution in [0.4, 0.5) is 0 Å². The topological polar surface area (TPSA) is 80.1 Å². The summed E-state index contributed by atoms with van der Waals surface area (Å²) in [7, 11) is 0. The molecule has 160 valence electrons. The van der Waals surface area contributed by atoms with Gasteiger partial charge in [-0.2, -0.15) is 0 Å². The summed E-state index contributed by atoms with van der Waals surface area (Å²) in [5.41, 5.74) is 3.08. The number of imidazole rings is 1. The highest BCUT2D eigenvalue weighted by atomic mass is 16.2. The van der Waals surface area contributed by atoms with Gasteiger partial charge in [-0.25, -0.2) is 4.98 Å². The van der Waals surface area contributed by atoms with Crippen LogP contribution in [0, 0.1) is 0 Å². The van der Waals surface area contributed by atoms with Crippen molar-refractivity contribution in [1.82, 2.24) is 24.8 Å². The van der Waals surface area contributed by atoms with Gasteiger partial charge >= 0.3 is 0 Å². The van der Waals surface area contributed by atoms with E-state index in [2.05, 4.69) is 15.3 Å². The van der Waals surface area contributed by atoms with Gasteiger partial charge in [0.2, 0.25) is 0 Å². The number of benzene rings is 1. The number of nitrogens with one attached hydrogen (secondary N) is 1. The zero-order valence-corrected chi connectivity index (χ0v) is 17.8. The third kappa shape index (κ3) is 3.69. The summed E-state index contributed by atoms with van der Waals surface area (Å²) in [6, 6.07) is 9.47. The SMILES string of the molecule is C[C@@H](NC(=O)c1ccc2c(c1)nc1n2CCN(C2CCCCC2)C1=O)c1cccnc1. The van der Waals surface area contributed by atoms with E-state index in [0.717, 1.165) is 37.0 Å². The molecule has 31 heavy (non-hydrogen) atoms. The van der Waals surface area contributed by atoms with Crippen LogP contribution in [-0.2, 0) is 6.54 Å². The fourth-order valence-electron chi connectivity index (χ4n) is 4.83. The largest absolute Gasteiger partial charge is 0.345 e. The molecule has 7 nitrogen and oxygen atoms in total. The van der Waals surface area contributed by atoms with Gasteiger partial charge in [0, 0.05) is 37.1 Å². The molecule has 3 heterocycles. The van der Waals surface area contributed by atoms with Crippen molar-refractivity contribution in [3.05, 3.63) is 59.7 Å². The molecule has 5 rings (SSSR count). The standard InChI is InChI=1S/C24H27N5O2/c1-16(18-6-5-11-25-15-18)26-23(30)17-9-10-21-20(14-17)27-22-24(31)28(12-13-29(21)22)19-7-3-2-4-8-19/h5-6,9-11,14-16,19H,2-4,7-8,12-13H2,1H3,(H,26,30)/t16-/m1/s1. The van der Waals surface area contributed by atoms with Crippen LogP contribution >= 0.6 is 0 Å². The second kappa shape index (κ2) is 8.13. The smallest absolute Gasteiger partial charge is 0.290 e. The van der Waals surface area contributed by atoms with Gasteiger partial charge in [-0.15, -0.1) is 0 Å². The van der Waals surface area contributed by atoms with Gasteiger partial charge in [-0.1, -0.05) is 25.3 Å². The molecular weight excluding hydrogens is 390 g/mol. The van der Waals surface area contributed by atoms with E-state index < -0.39 is 0 Å². The molecule has 7 heteroatoms. The van der Waals surface area contributed by atoms with Crippen LogP contribution in [0.5, 0.6) is 0 Å². The highest BCUT2D eigenvalue weighted by molar-refractivity contribution is 6.00. The molecule has 2 amide bonds. The maximum Gasteiger partial charge on any atom is 0.290 e. The Balaban J connectivity index is 1.38. The minimum Gasteiger partial charge on any atom is -0.345 e. The van der Waals surface area contributed by atoms with Crippen molar-refractivity contribution in [2.45, 2.75) is 57.7 Å². The number of hydrogen-bond acceptors (Lipinski definition) is 4. The first-order valence-electron chi connectivity index (χ1n) is 11.1. The Morgan fingerprint density at radius 1 is 1.16 bits per heavy atom. The first-order valence-corrected chi connectivity index (χ1v) is 11.1. The molecule has 0 saturated heterocycles. The van der Waals surface area contributed by atoms with Crippen LogP contribution in [0.1, 0.15) is 71.6 Å². The fraction of sp³-hybridized carbons (Fsp3) is 0.417. The van der Waals surface area contributed by atoms with Crippen LogP contribution < -0.4 is 5.32 Å². The number of aromatic nitrogens is 3. The number of pyridine rings is 1. The summed E-state index contributed by atoms with van der Waals surface area (Å²) in [5, 5.41) is 3.01. The van der Waals surface area contributed by atoms with Gasteiger partial charge in [0.25, 0.3) is 11.8 Å². The molecule has 1 aliphatic carbocycles. The molecule has 1 atom stereocenters. The summed E-state index contributed by atoms with van der Waals surface area (Å²) in [5.74, 6) is 0.345. The van der Waals surface area contributed by atoms with E-state index in [-0.39, 0.29) is 17.9 Å². The molecule has 1 saturated carbocycles. The average molecular weight is 418 g/mol. The highest BCUT2D eigenvalue weighted by Crippen LogP contribution is 2.28. The lowest BCUT2D eigenvalue weighted by Crippen LogP contribution is -2.47. The minimum absolute atomic E-state index is 0.0190. The van der Waals surface area contributed by atoms with Gasteiger partial charge in [0.05, 0.1) is 17.1 Å². The number of hydrogen-bond donors (Lipinski definition) is 1. The van der Waals surface area contributed by atoms with Gasteiger partial charge < -0.3 is 14.8 Å². The molecule has 3 aromatic rings. The lowest BCUT2D eigenvalue weighted by molar-refractivity contribution is 0.0566. The zero-order chi connectivity index (χ0) is 21.4. The number of amides is 2. The Bertz CT molecular complexity index is 1120. The Labute approximate surface area is 181 Å². The molecule has 1 aliphatic heterocycles. The van der Waals surface area contributed by atoms with Crippen molar-refractivity contribution >= 4 is 22.8 Å². The molecule has 0 bridgehead atoms. The lowest BCUT2D eigenvalue weighted by atomic mass is 9.94. The molecule has 2 aliphatic rings. The molecule has 1 N–H and O–H groups in total. The van der Waals surface area contributed by atoms with Crippen LogP contribution in [-0.4, -0.2) is 43.8 Å². The maximum atomic E-state index is 13.2. The predicted octanol–water partition coefficient (Wildman–Crippen LogP) is 3.71. The van der Waals surface area contributed by atoms with E-state index in [9.17, 15) is 9.59 Å². The van der Waals surface area contributed by atoms with E-state index in [4.69, 9.17) is 0 Å². The van der Waals surface area contributed by atoms with Crippen molar-refractivity contribution in [3.63, 3.8) is 0 Å². The van der Waals surface area contributed by atoms with Crippen molar-refractivity contribution in [2.75, 3.05) is 6.54 Å². The van der Waals surface area contributed by atoms with Gasteiger partial charge in [0.1, 0.15) is 0 Å². The van der Waals surface area contributed by atoms with Crippen molar-refractivity contribution in [1.29, 1.82) is 0 Å². The van der Waals surface area contributed by atoms with E-state index in [0.29, 0.717) is 22.9 Å². The summed E-state index contributed by atoms with van der Waals surface area (Å²) in [4.78, 5) is 36.7. The van der Waals surface area contributed by atoms with E-state index in [1.165, 1.54) is 19.3 Å². The van der Waals surface area contributed by atoms with E-state index >= 15 is 0 Å². The summed E-state index contributed by atoms with van der Waals surface area (Å²) < 4.78 is 2.00. The molecule has 1 fully saturated rings. The number of carbonyl (C=O) groups excluding carboxylic acids is 2. The van der Waals surface area contributed by atoms with Gasteiger partial charge in [-0.05, 0) is 49.6 Å². The van der Waals surface area contributed by atoms with Crippen LogP contribution in [0.3, 0.4) is 0 Å². The summed E-state index contributed by atoms with van der Waals surface area (Å²) >= 11 is 0. The van der Waals surface area contributed by atoms with Crippen molar-refractivity contribution < 1.29 is 9.59 Å². The summed E-state index contributed by atoms with van der Waals surface area (Å²) in [6.07, 6.45) is 9.30. The second-order valence-electron chi connectivity index (χ2n) is 8.56. The summed E-state index contributed by atoms with van der Waals surface area (Å²) in [6.45, 7) is 3.41. The fourth-order valence-corrected chi connectivity index (χ4v) is 4.83. The first-order chi connectivity index (χ1) is 15.1. The van der Waals surface area contributed by atoms with Crippen molar-refractivity contribution in [2.24, 2.45) is 0 Å². The Morgan fingerprint density at radius 2 is 2.00 bits per heavy atom. The number of nitrogens with zero attached hydrogens (tertiary/aromatic N) is 4. The Morgan fingerprint density at radius 3 is 2.77 bits per heavy atom. The first kappa shape index (κ1) is 19.7. The Kier molecular flexibility index (Phi) is 5.18. The second-order valence-corrected chi connectivity index (χ2v) is 8.56. The molecule has 0 spiro atoms. The molecular formula is C24H27N5O2. The van der Waals surface area contributed by atoms with Crippen LogP contribution in [0.2, 0.25) is 0 Å². The number of fused-ring (bicyclic) bond motifs is 3. The molecule has 2 aromatic heterocycles. The third-order valence-corrected chi connectivity index (χ3v) is 6.57. The number of rotatable bonds is 4. The highest BCUT2D eigenvalue weighted by Gasteiger charge is 2.33. The predicted molar refractivity (Wildman–Crippen MR) is 118 cm³/mol. The third-order valence-electron chi connectivity index (χ3n) is 6.57. The van der Waals surface area contributed by atoms with Crippen LogP contribution in [0.25, 0.3) is 11.0 Å². The maximum absolute atomic E-state index is 13.2. The molecule has 0 unspecified atom stereocenters. The van der Waals surface area contributed by atoms with Crippen LogP contribution in [0.15, 0.2) is 42.7 Å². The van der Waals surface area contributed by atoms with E-state index in [1.807, 2.05) is 34.6 Å². The Hall–Kier alpha value is -3.22. The van der Waals surface area contributed by atoms with Gasteiger partial charge in [-0.3, -0.25) is 14.6 Å². The normalized spacial score (nSPS) is 18.1. The van der Waals surface area contributed by atoms with Gasteiger partial charge in [0.15, 0.2) is 5.82 Å². The van der Waals surface area contributed by atoms with Crippen molar-refractivity contribution in [3.8, 4) is 0 Å². The minimum atomic E-state index is -0.167. The quantitative estimate of drug-likeness (QED) is 0.702. The monoisotopic (exact) mass is 417 g/mol. The molecule has 1 aromatic carbocycles. The lowest BCUT2D eigenvalue weighted by Gasteiger charge is -2.36. The zero-order valence-electron chi connectivity index (χ0n) is 17.8. The number of carbonyl (C=O) groups is 2. The average Bonchev–Trinajstić information content (AvgIpc) is 3.19. The molecule has 0 radical (unpaired) electrons. The van der Waals surface area contributed by atoms with E-state index in [1.54, 1.807) is 24.5 Å².